The van der Waals surface area contributed by atoms with E-state index in [1.54, 1.807) is 24.3 Å². The first-order valence-corrected chi connectivity index (χ1v) is 13.6. The zero-order chi connectivity index (χ0) is 22.6. The maximum atomic E-state index is 13.5. The smallest absolute Gasteiger partial charge is 0.189 e. The van der Waals surface area contributed by atoms with Gasteiger partial charge in [0, 0.05) is 6.54 Å². The van der Waals surface area contributed by atoms with E-state index in [4.69, 9.17) is 9.47 Å². The third-order valence-electron chi connectivity index (χ3n) is 6.28. The summed E-state index contributed by atoms with van der Waals surface area (Å²) in [5, 5.41) is 6.02. The molecule has 3 unspecified atom stereocenters. The van der Waals surface area contributed by atoms with Crippen molar-refractivity contribution in [3.8, 4) is 11.5 Å². The molecule has 0 saturated heterocycles. The first-order valence-electron chi connectivity index (χ1n) is 10.8. The van der Waals surface area contributed by atoms with Gasteiger partial charge in [0.25, 0.3) is 0 Å². The molecule has 7 nitrogen and oxygen atoms in total. The molecule has 0 amide bonds. The van der Waals surface area contributed by atoms with Gasteiger partial charge in [-0.1, -0.05) is 24.3 Å². The number of ether oxygens (including phenoxy) is 2. The van der Waals surface area contributed by atoms with Gasteiger partial charge in [-0.15, -0.1) is 0 Å². The summed E-state index contributed by atoms with van der Waals surface area (Å²) in [5.74, 6) is 1.64. The molecule has 6 rings (SSSR count). The van der Waals surface area contributed by atoms with E-state index in [0.29, 0.717) is 41.7 Å². The summed E-state index contributed by atoms with van der Waals surface area (Å²) in [6.45, 7) is 1.19. The lowest BCUT2D eigenvalue weighted by Crippen LogP contribution is -2.30. The number of rotatable bonds is 2. The highest BCUT2D eigenvalue weighted by molar-refractivity contribution is 7.92. The zero-order valence-corrected chi connectivity index (χ0v) is 19.2. The van der Waals surface area contributed by atoms with Crippen molar-refractivity contribution in [3.05, 3.63) is 71.8 Å². The van der Waals surface area contributed by atoms with Crippen molar-refractivity contribution in [3.63, 3.8) is 0 Å². The first kappa shape index (κ1) is 20.7. The monoisotopic (exact) mass is 482 g/mol. The molecule has 3 heterocycles. The maximum Gasteiger partial charge on any atom is 0.189 e. The second-order valence-electron chi connectivity index (χ2n) is 8.28. The molecule has 3 aromatic carbocycles. The molecule has 33 heavy (non-hydrogen) atoms. The molecule has 0 saturated carbocycles. The molecule has 3 aliphatic rings. The molecular formula is C24H22N2O5S2. The zero-order valence-electron chi connectivity index (χ0n) is 17.6. The average Bonchev–Trinajstić information content (AvgIpc) is 2.83. The van der Waals surface area contributed by atoms with Crippen LogP contribution in [0.15, 0.2) is 70.5 Å². The summed E-state index contributed by atoms with van der Waals surface area (Å²) in [5.41, 5.74) is 3.00. The fourth-order valence-corrected chi connectivity index (χ4v) is 7.78. The van der Waals surface area contributed by atoms with Crippen LogP contribution in [0.2, 0.25) is 0 Å². The first-order chi connectivity index (χ1) is 16.0. The Bertz CT molecular complexity index is 1340. The lowest BCUT2D eigenvalue weighted by molar-refractivity contribution is 0.171. The van der Waals surface area contributed by atoms with Crippen molar-refractivity contribution in [1.29, 1.82) is 0 Å². The van der Waals surface area contributed by atoms with Crippen LogP contribution in [0.1, 0.15) is 22.4 Å². The molecule has 0 radical (unpaired) electrons. The van der Waals surface area contributed by atoms with Crippen LogP contribution in [0.3, 0.4) is 0 Å². The van der Waals surface area contributed by atoms with Crippen molar-refractivity contribution in [2.24, 2.45) is 0 Å². The molecule has 0 aliphatic carbocycles. The predicted octanol–water partition coefficient (Wildman–Crippen LogP) is 3.67. The minimum atomic E-state index is -3.61. The molecule has 0 fully saturated rings. The van der Waals surface area contributed by atoms with Gasteiger partial charge in [-0.2, -0.15) is 0 Å². The molecule has 3 aliphatic heterocycles. The van der Waals surface area contributed by atoms with Crippen molar-refractivity contribution >= 4 is 32.4 Å². The normalized spacial score (nSPS) is 24.6. The van der Waals surface area contributed by atoms with E-state index in [1.807, 2.05) is 36.4 Å². The quantitative estimate of drug-likeness (QED) is 0.538. The largest absolute Gasteiger partial charge is 0.611 e. The molecule has 0 aromatic heterocycles. The second kappa shape index (κ2) is 7.86. The fourth-order valence-electron chi connectivity index (χ4n) is 4.61. The Hall–Kier alpha value is -2.88. The Morgan fingerprint density at radius 1 is 0.909 bits per heavy atom. The summed E-state index contributed by atoms with van der Waals surface area (Å²) < 4.78 is 50.9. The minimum Gasteiger partial charge on any atom is -0.611 e. The van der Waals surface area contributed by atoms with Crippen molar-refractivity contribution in [2.75, 3.05) is 36.1 Å². The number of hydrogen-bond acceptors (Lipinski definition) is 7. The number of para-hydroxylation sites is 1. The maximum absolute atomic E-state index is 13.5. The van der Waals surface area contributed by atoms with Gasteiger partial charge in [0.15, 0.2) is 26.2 Å². The van der Waals surface area contributed by atoms with Crippen LogP contribution in [-0.2, 0) is 21.0 Å². The van der Waals surface area contributed by atoms with E-state index in [9.17, 15) is 13.0 Å². The molecule has 0 spiro atoms. The third kappa shape index (κ3) is 3.51. The van der Waals surface area contributed by atoms with E-state index in [-0.39, 0.29) is 17.5 Å². The van der Waals surface area contributed by atoms with Crippen LogP contribution in [0.4, 0.5) is 11.4 Å². The summed E-state index contributed by atoms with van der Waals surface area (Å²) >= 11 is -1.12. The van der Waals surface area contributed by atoms with Crippen LogP contribution in [-0.4, -0.2) is 38.5 Å². The predicted molar refractivity (Wildman–Crippen MR) is 126 cm³/mol. The van der Waals surface area contributed by atoms with Crippen molar-refractivity contribution in [2.45, 2.75) is 21.1 Å². The lowest BCUT2D eigenvalue weighted by atomic mass is 10.1. The Morgan fingerprint density at radius 3 is 2.58 bits per heavy atom. The van der Waals surface area contributed by atoms with Gasteiger partial charge in [-0.3, -0.25) is 0 Å². The number of anilines is 2. The van der Waals surface area contributed by atoms with E-state index >= 15 is 0 Å². The molecule has 0 bridgehead atoms. The lowest BCUT2D eigenvalue weighted by Gasteiger charge is -2.31. The minimum absolute atomic E-state index is 0.161. The van der Waals surface area contributed by atoms with Gasteiger partial charge < -0.3 is 24.7 Å². The van der Waals surface area contributed by atoms with Gasteiger partial charge in [0.1, 0.15) is 24.2 Å². The van der Waals surface area contributed by atoms with E-state index in [2.05, 4.69) is 10.6 Å². The van der Waals surface area contributed by atoms with Gasteiger partial charge >= 0.3 is 0 Å². The Labute approximate surface area is 195 Å². The molecule has 170 valence electrons. The molecule has 9 heteroatoms. The molecule has 2 N–H and O–H groups in total. The van der Waals surface area contributed by atoms with Gasteiger partial charge in [0.2, 0.25) is 0 Å². The van der Waals surface area contributed by atoms with Gasteiger partial charge in [-0.05, 0) is 58.7 Å². The van der Waals surface area contributed by atoms with Crippen LogP contribution in [0.25, 0.3) is 0 Å². The van der Waals surface area contributed by atoms with E-state index in [1.165, 1.54) is 0 Å². The molecule has 3 aromatic rings. The SMILES string of the molecule is O=S1(=O)c2ccc(C3C[S+]([O-])c4ccccc4N3)cc2NCC1c1ccc2c(c1)OCCO2. The highest BCUT2D eigenvalue weighted by Gasteiger charge is 2.37. The van der Waals surface area contributed by atoms with Crippen LogP contribution < -0.4 is 20.1 Å². The molecule has 3 atom stereocenters. The molecular weight excluding hydrogens is 460 g/mol. The number of hydrogen-bond donors (Lipinski definition) is 2. The Morgan fingerprint density at radius 2 is 1.70 bits per heavy atom. The number of fused-ring (bicyclic) bond motifs is 3. The standard InChI is InChI=1S/C24H22N2O5S2/c27-32-14-19(26-17-3-1-2-4-22(17)32)15-6-8-23-18(11-15)25-13-24(33(23,28)29)16-5-7-20-21(12-16)31-10-9-30-20/h1-8,11-12,19,24-26H,9-10,13-14H2. The van der Waals surface area contributed by atoms with Crippen LogP contribution in [0.5, 0.6) is 11.5 Å². The number of sulfone groups is 1. The van der Waals surface area contributed by atoms with Crippen LogP contribution >= 0.6 is 0 Å². The summed E-state index contributed by atoms with van der Waals surface area (Å²) in [7, 11) is -3.61. The van der Waals surface area contributed by atoms with E-state index in [0.717, 1.165) is 16.1 Å². The average molecular weight is 483 g/mol. The Kier molecular flexibility index (Phi) is 4.93. The van der Waals surface area contributed by atoms with E-state index < -0.39 is 26.3 Å². The summed E-state index contributed by atoms with van der Waals surface area (Å²) in [6.07, 6.45) is 0. The highest BCUT2D eigenvalue weighted by atomic mass is 32.2. The van der Waals surface area contributed by atoms with Crippen molar-refractivity contribution in [1.82, 2.24) is 0 Å². The summed E-state index contributed by atoms with van der Waals surface area (Å²) in [6, 6.07) is 18.0. The van der Waals surface area contributed by atoms with Crippen LogP contribution in [0, 0.1) is 0 Å². The van der Waals surface area contributed by atoms with Gasteiger partial charge in [-0.25, -0.2) is 8.42 Å². The summed E-state index contributed by atoms with van der Waals surface area (Å²) in [4.78, 5) is 1.07. The number of nitrogens with one attached hydrogen (secondary N) is 2. The topological polar surface area (TPSA) is 99.7 Å². The highest BCUT2D eigenvalue weighted by Crippen LogP contribution is 2.42. The van der Waals surface area contributed by atoms with Gasteiger partial charge in [0.05, 0.1) is 22.3 Å². The fraction of sp³-hybridized carbons (Fsp3) is 0.250. The van der Waals surface area contributed by atoms with Crippen molar-refractivity contribution < 1.29 is 22.4 Å². The second-order valence-corrected chi connectivity index (χ2v) is 11.8. The third-order valence-corrected chi connectivity index (χ3v) is 9.92. The number of benzene rings is 3. The Balaban J connectivity index is 1.31.